The standard InChI is InChI=1S/C12H14Cl2N2OS2/c1-12(11(15)18)2-4-16(5-3-12)10(17)7-6-8(13)19-9(7)14/h6H,2-5H2,1H3,(H2,15,18). The van der Waals surface area contributed by atoms with Crippen molar-refractivity contribution in [3.8, 4) is 0 Å². The summed E-state index contributed by atoms with van der Waals surface area (Å²) in [5, 5.41) is 0. The van der Waals surface area contributed by atoms with Gasteiger partial charge in [-0.2, -0.15) is 0 Å². The molecule has 0 spiro atoms. The first-order valence-corrected chi connectivity index (χ1v) is 7.85. The monoisotopic (exact) mass is 336 g/mol. The molecule has 1 fully saturated rings. The van der Waals surface area contributed by atoms with Crippen molar-refractivity contribution < 1.29 is 4.79 Å². The number of hydrogen-bond acceptors (Lipinski definition) is 3. The molecule has 2 N–H and O–H groups in total. The first-order valence-electron chi connectivity index (χ1n) is 5.87. The van der Waals surface area contributed by atoms with Gasteiger partial charge in [-0.15, -0.1) is 11.3 Å². The molecular formula is C12H14Cl2N2OS2. The van der Waals surface area contributed by atoms with E-state index in [-0.39, 0.29) is 11.3 Å². The summed E-state index contributed by atoms with van der Waals surface area (Å²) in [7, 11) is 0. The van der Waals surface area contributed by atoms with Gasteiger partial charge in [0.05, 0.1) is 14.9 Å². The number of rotatable bonds is 2. The van der Waals surface area contributed by atoms with Gasteiger partial charge in [0, 0.05) is 18.5 Å². The number of nitrogens with zero attached hydrogens (tertiary/aromatic N) is 1. The number of halogens is 2. The van der Waals surface area contributed by atoms with Gasteiger partial charge in [-0.25, -0.2) is 0 Å². The maximum absolute atomic E-state index is 12.3. The largest absolute Gasteiger partial charge is 0.393 e. The molecular weight excluding hydrogens is 323 g/mol. The summed E-state index contributed by atoms with van der Waals surface area (Å²) in [6, 6.07) is 1.62. The molecule has 0 aromatic carbocycles. The zero-order valence-electron chi connectivity index (χ0n) is 10.4. The van der Waals surface area contributed by atoms with E-state index >= 15 is 0 Å². The van der Waals surface area contributed by atoms with Gasteiger partial charge in [0.15, 0.2) is 0 Å². The number of nitrogens with two attached hydrogens (primary N) is 1. The lowest BCUT2D eigenvalue weighted by Crippen LogP contribution is -2.46. The summed E-state index contributed by atoms with van der Waals surface area (Å²) in [6.07, 6.45) is 1.56. The maximum Gasteiger partial charge on any atom is 0.256 e. The van der Waals surface area contributed by atoms with Crippen LogP contribution in [0.3, 0.4) is 0 Å². The van der Waals surface area contributed by atoms with Crippen LogP contribution in [0.5, 0.6) is 0 Å². The molecule has 2 rings (SSSR count). The van der Waals surface area contributed by atoms with E-state index in [1.807, 2.05) is 6.92 Å². The van der Waals surface area contributed by atoms with Crippen molar-refractivity contribution in [3.63, 3.8) is 0 Å². The van der Waals surface area contributed by atoms with Gasteiger partial charge in [-0.05, 0) is 18.9 Å². The average Bonchev–Trinajstić information content (AvgIpc) is 2.68. The van der Waals surface area contributed by atoms with Crippen LogP contribution in [-0.4, -0.2) is 28.9 Å². The number of thiocarbonyl (C=S) groups is 1. The highest BCUT2D eigenvalue weighted by molar-refractivity contribution is 7.80. The Labute approximate surface area is 131 Å². The third-order valence-electron chi connectivity index (χ3n) is 3.64. The Kier molecular flexibility index (Phi) is 4.40. The zero-order chi connectivity index (χ0) is 14.2. The molecule has 1 aliphatic rings. The molecule has 0 unspecified atom stereocenters. The molecule has 104 valence electrons. The van der Waals surface area contributed by atoms with Crippen molar-refractivity contribution in [2.75, 3.05) is 13.1 Å². The molecule has 1 saturated heterocycles. The van der Waals surface area contributed by atoms with Crippen LogP contribution in [-0.2, 0) is 0 Å². The molecule has 2 heterocycles. The fraction of sp³-hybridized carbons (Fsp3) is 0.500. The highest BCUT2D eigenvalue weighted by atomic mass is 35.5. The summed E-state index contributed by atoms with van der Waals surface area (Å²) >= 11 is 18.2. The van der Waals surface area contributed by atoms with Crippen LogP contribution in [0.4, 0.5) is 0 Å². The highest BCUT2D eigenvalue weighted by Gasteiger charge is 2.35. The summed E-state index contributed by atoms with van der Waals surface area (Å²) < 4.78 is 0.969. The number of thiophene rings is 1. The summed E-state index contributed by atoms with van der Waals surface area (Å²) in [5.74, 6) is -0.0712. The van der Waals surface area contributed by atoms with Gasteiger partial charge in [0.25, 0.3) is 5.91 Å². The van der Waals surface area contributed by atoms with E-state index in [1.54, 1.807) is 11.0 Å². The lowest BCUT2D eigenvalue weighted by molar-refractivity contribution is 0.0671. The maximum atomic E-state index is 12.3. The van der Waals surface area contributed by atoms with Crippen molar-refractivity contribution in [2.24, 2.45) is 11.1 Å². The smallest absolute Gasteiger partial charge is 0.256 e. The molecule has 7 heteroatoms. The third kappa shape index (κ3) is 3.05. The summed E-state index contributed by atoms with van der Waals surface area (Å²) in [5.41, 5.74) is 6.08. The SMILES string of the molecule is CC1(C(N)=S)CCN(C(=O)c2cc(Cl)sc2Cl)CC1. The second-order valence-electron chi connectivity index (χ2n) is 4.96. The van der Waals surface area contributed by atoms with E-state index < -0.39 is 0 Å². The van der Waals surface area contributed by atoms with Crippen molar-refractivity contribution in [1.29, 1.82) is 0 Å². The first kappa shape index (κ1) is 15.0. The molecule has 0 radical (unpaired) electrons. The number of amides is 1. The highest BCUT2D eigenvalue weighted by Crippen LogP contribution is 2.35. The molecule has 0 atom stereocenters. The molecule has 1 aliphatic heterocycles. The minimum Gasteiger partial charge on any atom is -0.393 e. The molecule has 0 aliphatic carbocycles. The van der Waals surface area contributed by atoms with Crippen LogP contribution in [0.15, 0.2) is 6.07 Å². The Morgan fingerprint density at radius 1 is 1.47 bits per heavy atom. The van der Waals surface area contributed by atoms with Crippen LogP contribution >= 0.6 is 46.8 Å². The van der Waals surface area contributed by atoms with Gasteiger partial charge in [-0.1, -0.05) is 42.3 Å². The molecule has 0 bridgehead atoms. The molecule has 0 saturated carbocycles. The van der Waals surface area contributed by atoms with E-state index in [2.05, 4.69) is 0 Å². The number of likely N-dealkylation sites (tertiary alicyclic amines) is 1. The fourth-order valence-electron chi connectivity index (χ4n) is 2.11. The molecule has 1 aromatic heterocycles. The molecule has 3 nitrogen and oxygen atoms in total. The van der Waals surface area contributed by atoms with Gasteiger partial charge in [0.2, 0.25) is 0 Å². The van der Waals surface area contributed by atoms with E-state index in [4.69, 9.17) is 41.2 Å². The number of carbonyl (C=O) groups excluding carboxylic acids is 1. The van der Waals surface area contributed by atoms with Crippen molar-refractivity contribution in [1.82, 2.24) is 4.90 Å². The molecule has 19 heavy (non-hydrogen) atoms. The van der Waals surface area contributed by atoms with E-state index in [0.717, 1.165) is 12.8 Å². The Bertz CT molecular complexity index is 522. The first-order chi connectivity index (χ1) is 8.83. The van der Waals surface area contributed by atoms with Crippen LogP contribution in [0, 0.1) is 5.41 Å². The van der Waals surface area contributed by atoms with E-state index in [1.165, 1.54) is 11.3 Å². The second kappa shape index (κ2) is 5.56. The normalized spacial score (nSPS) is 18.4. The predicted octanol–water partition coefficient (Wildman–Crippen LogP) is 3.58. The van der Waals surface area contributed by atoms with Gasteiger partial charge in [-0.3, -0.25) is 4.79 Å². The van der Waals surface area contributed by atoms with Gasteiger partial charge in [0.1, 0.15) is 4.34 Å². The van der Waals surface area contributed by atoms with Crippen molar-refractivity contribution in [3.05, 3.63) is 20.3 Å². The van der Waals surface area contributed by atoms with Crippen molar-refractivity contribution >= 4 is 57.7 Å². The fourth-order valence-corrected chi connectivity index (χ4v) is 3.76. The minimum absolute atomic E-state index is 0.0712. The Morgan fingerprint density at radius 2 is 2.05 bits per heavy atom. The van der Waals surface area contributed by atoms with Gasteiger partial charge < -0.3 is 10.6 Å². The zero-order valence-corrected chi connectivity index (χ0v) is 13.6. The van der Waals surface area contributed by atoms with Crippen LogP contribution in [0.25, 0.3) is 0 Å². The molecule has 1 aromatic rings. The quantitative estimate of drug-likeness (QED) is 0.839. The number of piperidine rings is 1. The summed E-state index contributed by atoms with van der Waals surface area (Å²) in [6.45, 7) is 3.32. The van der Waals surface area contributed by atoms with Crippen LogP contribution < -0.4 is 5.73 Å². The van der Waals surface area contributed by atoms with Crippen LogP contribution in [0.2, 0.25) is 8.67 Å². The minimum atomic E-state index is -0.151. The summed E-state index contributed by atoms with van der Waals surface area (Å²) in [4.78, 5) is 14.6. The number of carbonyl (C=O) groups is 1. The van der Waals surface area contributed by atoms with Gasteiger partial charge >= 0.3 is 0 Å². The lowest BCUT2D eigenvalue weighted by Gasteiger charge is -2.38. The van der Waals surface area contributed by atoms with E-state index in [0.29, 0.717) is 32.3 Å². The topological polar surface area (TPSA) is 46.3 Å². The lowest BCUT2D eigenvalue weighted by atomic mass is 9.80. The predicted molar refractivity (Wildman–Crippen MR) is 84.4 cm³/mol. The number of hydrogen-bond donors (Lipinski definition) is 1. The Hall–Kier alpha value is -0.360. The second-order valence-corrected chi connectivity index (χ2v) is 7.68. The van der Waals surface area contributed by atoms with Crippen LogP contribution in [0.1, 0.15) is 30.1 Å². The Morgan fingerprint density at radius 3 is 2.47 bits per heavy atom. The molecule has 1 amide bonds. The average molecular weight is 337 g/mol. The van der Waals surface area contributed by atoms with Crippen molar-refractivity contribution in [2.45, 2.75) is 19.8 Å². The third-order valence-corrected chi connectivity index (χ3v) is 5.62. The Balaban J connectivity index is 2.08. The van der Waals surface area contributed by atoms with E-state index in [9.17, 15) is 4.79 Å².